The van der Waals surface area contributed by atoms with Crippen LogP contribution < -0.4 is 19.1 Å². The number of anilines is 1. The first-order valence-corrected chi connectivity index (χ1v) is 15.4. The summed E-state index contributed by atoms with van der Waals surface area (Å²) in [6.07, 6.45) is 0.720. The van der Waals surface area contributed by atoms with Crippen molar-refractivity contribution in [2.75, 3.05) is 25.1 Å². The molecule has 0 radical (unpaired) electrons. The molecule has 3 aromatic rings. The van der Waals surface area contributed by atoms with Crippen molar-refractivity contribution in [1.82, 2.24) is 10.2 Å². The normalized spacial score (nSPS) is 12.6. The molecule has 2 atom stereocenters. The highest BCUT2D eigenvalue weighted by Crippen LogP contribution is 2.32. The van der Waals surface area contributed by atoms with Crippen LogP contribution in [0.1, 0.15) is 38.3 Å². The Morgan fingerprint density at radius 1 is 0.952 bits per heavy atom. The molecule has 3 aromatic carbocycles. The van der Waals surface area contributed by atoms with Gasteiger partial charge in [-0.15, -0.1) is 0 Å². The fourth-order valence-corrected chi connectivity index (χ4v) is 5.85. The van der Waals surface area contributed by atoms with Crippen molar-refractivity contribution in [1.29, 1.82) is 0 Å². The van der Waals surface area contributed by atoms with E-state index < -0.39 is 28.5 Å². The summed E-state index contributed by atoms with van der Waals surface area (Å²) in [6.45, 7) is 6.96. The largest absolute Gasteiger partial charge is 0.493 e. The summed E-state index contributed by atoms with van der Waals surface area (Å²) < 4.78 is 39.8. The first-order valence-electron chi connectivity index (χ1n) is 13.6. The number of hydrogen-bond donors (Lipinski definition) is 1. The molecule has 3 rings (SSSR count). The Morgan fingerprint density at radius 3 is 2.21 bits per heavy atom. The van der Waals surface area contributed by atoms with E-state index in [0.29, 0.717) is 10.8 Å². The number of amides is 2. The molecule has 0 spiro atoms. The zero-order valence-electron chi connectivity index (χ0n) is 24.8. The van der Waals surface area contributed by atoms with Crippen LogP contribution in [-0.4, -0.2) is 58.0 Å². The molecule has 1 N–H and O–H groups in total. The van der Waals surface area contributed by atoms with Gasteiger partial charge in [-0.1, -0.05) is 48.4 Å². The lowest BCUT2D eigenvalue weighted by molar-refractivity contribution is -0.139. The molecule has 0 saturated carbocycles. The minimum absolute atomic E-state index is 0.0909. The molecular formula is C31H38ClN3O6S. The quantitative estimate of drug-likeness (QED) is 0.284. The van der Waals surface area contributed by atoms with Crippen LogP contribution in [-0.2, 0) is 26.2 Å². The maximum absolute atomic E-state index is 14.1. The van der Waals surface area contributed by atoms with E-state index in [2.05, 4.69) is 5.32 Å². The Kier molecular flexibility index (Phi) is 11.2. The van der Waals surface area contributed by atoms with Gasteiger partial charge in [-0.25, -0.2) is 8.42 Å². The molecule has 42 heavy (non-hydrogen) atoms. The number of rotatable bonds is 13. The van der Waals surface area contributed by atoms with E-state index in [0.717, 1.165) is 21.9 Å². The highest BCUT2D eigenvalue weighted by atomic mass is 35.5. The van der Waals surface area contributed by atoms with Crippen LogP contribution >= 0.6 is 11.6 Å². The summed E-state index contributed by atoms with van der Waals surface area (Å²) in [7, 11) is -1.44. The molecule has 0 bridgehead atoms. The van der Waals surface area contributed by atoms with Crippen molar-refractivity contribution in [3.63, 3.8) is 0 Å². The third-order valence-corrected chi connectivity index (χ3v) is 8.96. The Labute approximate surface area is 253 Å². The SMILES string of the molecule is CC[C@@H](C)NC(=O)[C@H](C)N(Cc1cccc(C)c1)C(=O)CN(c1ccc(Cl)cc1)S(=O)(=O)c1ccc(OC)c(OC)c1. The van der Waals surface area contributed by atoms with Gasteiger partial charge in [0.15, 0.2) is 11.5 Å². The van der Waals surface area contributed by atoms with Gasteiger partial charge >= 0.3 is 0 Å². The summed E-state index contributed by atoms with van der Waals surface area (Å²) >= 11 is 6.09. The number of methoxy groups -OCH3 is 2. The summed E-state index contributed by atoms with van der Waals surface area (Å²) in [5, 5.41) is 3.33. The lowest BCUT2D eigenvalue weighted by atomic mass is 10.1. The lowest BCUT2D eigenvalue weighted by Gasteiger charge is -2.32. The van der Waals surface area contributed by atoms with E-state index in [9.17, 15) is 18.0 Å². The van der Waals surface area contributed by atoms with Crippen LogP contribution in [0.4, 0.5) is 5.69 Å². The Morgan fingerprint density at radius 2 is 1.62 bits per heavy atom. The van der Waals surface area contributed by atoms with Gasteiger partial charge in [-0.05, 0) is 69.2 Å². The summed E-state index contributed by atoms with van der Waals surface area (Å²) in [5.74, 6) is -0.304. The molecule has 0 heterocycles. The van der Waals surface area contributed by atoms with Gasteiger partial charge in [0.1, 0.15) is 12.6 Å². The topological polar surface area (TPSA) is 105 Å². The number of aryl methyl sites for hydroxylation is 1. The van der Waals surface area contributed by atoms with Crippen LogP contribution in [0.3, 0.4) is 0 Å². The minimum Gasteiger partial charge on any atom is -0.493 e. The van der Waals surface area contributed by atoms with Crippen LogP contribution in [0.2, 0.25) is 5.02 Å². The number of benzene rings is 3. The van der Waals surface area contributed by atoms with Gasteiger partial charge < -0.3 is 19.7 Å². The molecule has 9 nitrogen and oxygen atoms in total. The molecule has 0 aliphatic heterocycles. The Hall–Kier alpha value is -3.76. The second-order valence-electron chi connectivity index (χ2n) is 10.0. The van der Waals surface area contributed by atoms with E-state index in [1.807, 2.05) is 45.0 Å². The summed E-state index contributed by atoms with van der Waals surface area (Å²) in [4.78, 5) is 28.5. The van der Waals surface area contributed by atoms with Crippen molar-refractivity contribution >= 4 is 39.1 Å². The standard InChI is InChI=1S/C31H38ClN3O6S/c1-7-22(3)33-31(37)23(4)34(19-24-10-8-9-21(2)17-24)30(36)20-35(26-13-11-25(32)12-14-26)42(38,39)27-15-16-28(40-5)29(18-27)41-6/h8-18,22-23H,7,19-20H2,1-6H3,(H,33,37)/t22-,23+/m1/s1. The van der Waals surface area contributed by atoms with Gasteiger partial charge in [0, 0.05) is 23.7 Å². The van der Waals surface area contributed by atoms with Crippen molar-refractivity contribution in [3.8, 4) is 11.5 Å². The highest BCUT2D eigenvalue weighted by molar-refractivity contribution is 7.92. The highest BCUT2D eigenvalue weighted by Gasteiger charge is 2.33. The second-order valence-corrected chi connectivity index (χ2v) is 12.3. The van der Waals surface area contributed by atoms with Gasteiger partial charge in [-0.2, -0.15) is 0 Å². The summed E-state index contributed by atoms with van der Waals surface area (Å²) in [6, 6.07) is 17.0. The third kappa shape index (κ3) is 7.95. The first kappa shape index (κ1) is 32.8. The van der Waals surface area contributed by atoms with Gasteiger partial charge in [-0.3, -0.25) is 13.9 Å². The lowest BCUT2D eigenvalue weighted by Crippen LogP contribution is -2.52. The molecular weight excluding hydrogens is 578 g/mol. The minimum atomic E-state index is -4.29. The maximum atomic E-state index is 14.1. The first-order chi connectivity index (χ1) is 19.9. The zero-order chi connectivity index (χ0) is 31.0. The maximum Gasteiger partial charge on any atom is 0.264 e. The van der Waals surface area contributed by atoms with E-state index in [1.165, 1.54) is 49.5 Å². The predicted molar refractivity (Wildman–Crippen MR) is 165 cm³/mol. The number of carbonyl (C=O) groups excluding carboxylic acids is 2. The number of carbonyl (C=O) groups is 2. The van der Waals surface area contributed by atoms with E-state index in [1.54, 1.807) is 19.1 Å². The molecule has 2 amide bonds. The van der Waals surface area contributed by atoms with E-state index in [4.69, 9.17) is 21.1 Å². The second kappa shape index (κ2) is 14.4. The molecule has 0 aliphatic rings. The number of ether oxygens (including phenoxy) is 2. The molecule has 0 fully saturated rings. The van der Waals surface area contributed by atoms with Crippen LogP contribution in [0.25, 0.3) is 0 Å². The average molecular weight is 616 g/mol. The van der Waals surface area contributed by atoms with Crippen molar-refractivity contribution in [3.05, 3.63) is 82.9 Å². The van der Waals surface area contributed by atoms with Crippen LogP contribution in [0.5, 0.6) is 11.5 Å². The Balaban J connectivity index is 2.06. The van der Waals surface area contributed by atoms with Gasteiger partial charge in [0.25, 0.3) is 10.0 Å². The molecule has 11 heteroatoms. The smallest absolute Gasteiger partial charge is 0.264 e. The number of nitrogens with one attached hydrogen (secondary N) is 1. The van der Waals surface area contributed by atoms with Gasteiger partial charge in [0.2, 0.25) is 11.8 Å². The van der Waals surface area contributed by atoms with Crippen LogP contribution in [0.15, 0.2) is 71.6 Å². The number of sulfonamides is 1. The molecule has 226 valence electrons. The van der Waals surface area contributed by atoms with Crippen LogP contribution in [0, 0.1) is 6.92 Å². The Bertz CT molecular complexity index is 1500. The van der Waals surface area contributed by atoms with Crippen molar-refractivity contribution < 1.29 is 27.5 Å². The summed E-state index contributed by atoms with van der Waals surface area (Å²) in [5.41, 5.74) is 2.04. The zero-order valence-corrected chi connectivity index (χ0v) is 26.3. The third-order valence-electron chi connectivity index (χ3n) is 6.94. The molecule has 0 aliphatic carbocycles. The van der Waals surface area contributed by atoms with Crippen molar-refractivity contribution in [2.24, 2.45) is 0 Å². The van der Waals surface area contributed by atoms with Gasteiger partial charge in [0.05, 0.1) is 24.8 Å². The molecule has 0 saturated heterocycles. The monoisotopic (exact) mass is 615 g/mol. The number of halogens is 1. The fraction of sp³-hybridized carbons (Fsp3) is 0.355. The van der Waals surface area contributed by atoms with E-state index >= 15 is 0 Å². The molecule has 0 aromatic heterocycles. The molecule has 0 unspecified atom stereocenters. The number of hydrogen-bond acceptors (Lipinski definition) is 6. The fourth-order valence-electron chi connectivity index (χ4n) is 4.30. The number of nitrogens with zero attached hydrogens (tertiary/aromatic N) is 2. The average Bonchev–Trinajstić information content (AvgIpc) is 2.98. The predicted octanol–water partition coefficient (Wildman–Crippen LogP) is 5.19. The van der Waals surface area contributed by atoms with E-state index in [-0.39, 0.29) is 34.8 Å². The van der Waals surface area contributed by atoms with Crippen molar-refractivity contribution in [2.45, 2.75) is 57.6 Å².